The molecule has 0 spiro atoms. The molecule has 12 nitrogen and oxygen atoms in total. The predicted molar refractivity (Wildman–Crippen MR) is 123 cm³/mol. The fourth-order valence-corrected chi connectivity index (χ4v) is 4.14. The average Bonchev–Trinajstić information content (AvgIpc) is 3.54. The topological polar surface area (TPSA) is 175 Å². The number of anilines is 1. The molecule has 13 heteroatoms. The summed E-state index contributed by atoms with van der Waals surface area (Å²) < 4.78 is 33.3. The number of aromatic nitrogens is 4. The van der Waals surface area contributed by atoms with Gasteiger partial charge >= 0.3 is 10.3 Å². The van der Waals surface area contributed by atoms with Crippen molar-refractivity contribution in [2.75, 3.05) is 11.9 Å². The van der Waals surface area contributed by atoms with Crippen LogP contribution in [0, 0.1) is 17.8 Å². The number of Topliss-reactive ketones (excluding diaryl/α,β-unsaturated/α-hetero) is 1. The van der Waals surface area contributed by atoms with Crippen LogP contribution in [0.15, 0.2) is 47.5 Å². The van der Waals surface area contributed by atoms with E-state index in [0.717, 1.165) is 0 Å². The van der Waals surface area contributed by atoms with Crippen molar-refractivity contribution in [1.82, 2.24) is 19.7 Å². The van der Waals surface area contributed by atoms with Gasteiger partial charge < -0.3 is 14.8 Å². The Balaban J connectivity index is 1.31. The molecule has 0 bridgehead atoms. The maximum absolute atomic E-state index is 12.7. The minimum atomic E-state index is -4.07. The number of nitrogens with zero attached hydrogens (tertiary/aromatic N) is 4. The van der Waals surface area contributed by atoms with Gasteiger partial charge in [-0.05, 0) is 37.0 Å². The molecule has 0 aromatic carbocycles. The van der Waals surface area contributed by atoms with Crippen molar-refractivity contribution in [3.05, 3.63) is 60.2 Å². The van der Waals surface area contributed by atoms with E-state index in [9.17, 15) is 18.3 Å². The van der Waals surface area contributed by atoms with Crippen LogP contribution in [0.1, 0.15) is 34.8 Å². The van der Waals surface area contributed by atoms with E-state index in [4.69, 9.17) is 9.56 Å². The number of nitrogens with two attached hydrogens (primary N) is 1. The Bertz CT molecular complexity index is 1330. The van der Waals surface area contributed by atoms with Crippen molar-refractivity contribution >= 4 is 21.9 Å². The molecule has 4 N–H and O–H groups in total. The van der Waals surface area contributed by atoms with Crippen LogP contribution in [-0.4, -0.2) is 57.8 Å². The molecule has 0 saturated heterocycles. The number of nitrogens with one attached hydrogen (secondary N) is 1. The summed E-state index contributed by atoms with van der Waals surface area (Å²) in [6, 6.07) is 6.64. The molecular formula is C22H24N6O6S. The summed E-state index contributed by atoms with van der Waals surface area (Å²) in [6.45, 7) is 0.120. The lowest BCUT2D eigenvalue weighted by Gasteiger charge is -2.14. The first-order valence-electron chi connectivity index (χ1n) is 10.8. The number of ketones is 1. The molecule has 3 heterocycles. The molecule has 3 atom stereocenters. The molecule has 4 rings (SSSR count). The lowest BCUT2D eigenvalue weighted by Crippen LogP contribution is -2.24. The molecule has 35 heavy (non-hydrogen) atoms. The summed E-state index contributed by atoms with van der Waals surface area (Å²) in [7, 11) is -4.07. The number of furan rings is 1. The molecule has 0 amide bonds. The second-order valence-electron chi connectivity index (χ2n) is 8.09. The summed E-state index contributed by atoms with van der Waals surface area (Å²) in [5.41, 5.74) is 0.807. The van der Waals surface area contributed by atoms with Gasteiger partial charge in [0.25, 0.3) is 0 Å². The number of carbonyl (C=O) groups is 1. The maximum Gasteiger partial charge on any atom is 0.333 e. The van der Waals surface area contributed by atoms with Crippen molar-refractivity contribution in [3.63, 3.8) is 0 Å². The fraction of sp³-hybridized carbons (Fsp3) is 0.364. The second kappa shape index (κ2) is 10.8. The van der Waals surface area contributed by atoms with Gasteiger partial charge in [0, 0.05) is 24.2 Å². The van der Waals surface area contributed by atoms with Crippen LogP contribution in [0.2, 0.25) is 0 Å². The summed E-state index contributed by atoms with van der Waals surface area (Å²) in [4.78, 5) is 21.0. The summed E-state index contributed by atoms with van der Waals surface area (Å²) in [6.07, 6.45) is 4.72. The molecule has 1 fully saturated rings. The second-order valence-corrected chi connectivity index (χ2v) is 9.31. The zero-order valence-electron chi connectivity index (χ0n) is 18.6. The Morgan fingerprint density at radius 2 is 2.20 bits per heavy atom. The Labute approximate surface area is 201 Å². The summed E-state index contributed by atoms with van der Waals surface area (Å²) in [5.74, 6) is 6.25. The third-order valence-electron chi connectivity index (χ3n) is 5.42. The van der Waals surface area contributed by atoms with Gasteiger partial charge in [0.15, 0.2) is 11.5 Å². The normalized spacial score (nSPS) is 19.8. The number of hydrogen-bond donors (Lipinski definition) is 3. The van der Waals surface area contributed by atoms with E-state index in [1.54, 1.807) is 41.4 Å². The number of aliphatic hydroxyl groups excluding tert-OH is 1. The van der Waals surface area contributed by atoms with Crippen LogP contribution >= 0.6 is 0 Å². The molecule has 3 aromatic heterocycles. The van der Waals surface area contributed by atoms with Gasteiger partial charge in [0.1, 0.15) is 24.4 Å². The third kappa shape index (κ3) is 7.20. The average molecular weight is 501 g/mol. The van der Waals surface area contributed by atoms with Gasteiger partial charge in [0.2, 0.25) is 0 Å². The number of aliphatic hydroxyl groups is 1. The van der Waals surface area contributed by atoms with Crippen LogP contribution in [0.4, 0.5) is 5.82 Å². The Kier molecular flexibility index (Phi) is 7.57. The van der Waals surface area contributed by atoms with Crippen LogP contribution < -0.4 is 10.5 Å². The Hall–Kier alpha value is -3.57. The van der Waals surface area contributed by atoms with Crippen LogP contribution in [-0.2, 0) is 27.5 Å². The van der Waals surface area contributed by atoms with Crippen molar-refractivity contribution < 1.29 is 26.9 Å². The van der Waals surface area contributed by atoms with Crippen molar-refractivity contribution in [2.45, 2.75) is 38.0 Å². The molecule has 1 aliphatic rings. The van der Waals surface area contributed by atoms with Crippen molar-refractivity contribution in [2.24, 2.45) is 11.1 Å². The van der Waals surface area contributed by atoms with E-state index >= 15 is 0 Å². The predicted octanol–water partition coefficient (Wildman–Crippen LogP) is 0.515. The molecule has 1 saturated carbocycles. The standard InChI is InChI=1S/C22H24N6O6S/c23-35(31,32)34-13-15-9-17(11-20(15)29)26-22-12-16(24-14-25-22)10-21(30)19-5-7-28(27-19)6-1-3-18-4-2-8-33-18/h2,4-5,7-8,12,14-15,17,20,29H,6,9-11,13H2,(H2,23,31,32)(H,24,25,26)/t15?,17-,20+/m1/s1. The first-order chi connectivity index (χ1) is 16.7. The van der Waals surface area contributed by atoms with Gasteiger partial charge in [0.05, 0.1) is 31.1 Å². The smallest absolute Gasteiger partial charge is 0.333 e. The molecular weight excluding hydrogens is 476 g/mol. The minimum Gasteiger partial charge on any atom is -0.456 e. The van der Waals surface area contributed by atoms with Crippen molar-refractivity contribution in [1.29, 1.82) is 0 Å². The van der Waals surface area contributed by atoms with Gasteiger partial charge in [-0.2, -0.15) is 13.5 Å². The van der Waals surface area contributed by atoms with Crippen LogP contribution in [0.3, 0.4) is 0 Å². The van der Waals surface area contributed by atoms with Crippen LogP contribution in [0.25, 0.3) is 0 Å². The largest absolute Gasteiger partial charge is 0.456 e. The lowest BCUT2D eigenvalue weighted by atomic mass is 10.1. The van der Waals surface area contributed by atoms with E-state index in [1.807, 2.05) is 0 Å². The molecule has 1 aliphatic carbocycles. The number of hydrogen-bond acceptors (Lipinski definition) is 10. The van der Waals surface area contributed by atoms with E-state index in [0.29, 0.717) is 42.4 Å². The highest BCUT2D eigenvalue weighted by Gasteiger charge is 2.34. The number of rotatable bonds is 9. The highest BCUT2D eigenvalue weighted by Crippen LogP contribution is 2.29. The van der Waals surface area contributed by atoms with Gasteiger partial charge in [-0.3, -0.25) is 13.7 Å². The summed E-state index contributed by atoms with van der Waals surface area (Å²) >= 11 is 0. The zero-order valence-corrected chi connectivity index (χ0v) is 19.4. The summed E-state index contributed by atoms with van der Waals surface area (Å²) in [5, 5.41) is 22.5. The van der Waals surface area contributed by atoms with E-state index < -0.39 is 16.4 Å². The van der Waals surface area contributed by atoms with Crippen LogP contribution in [0.5, 0.6) is 0 Å². The zero-order chi connectivity index (χ0) is 24.8. The van der Waals surface area contributed by atoms with Gasteiger partial charge in [-0.1, -0.05) is 5.92 Å². The monoisotopic (exact) mass is 500 g/mol. The third-order valence-corrected chi connectivity index (χ3v) is 5.89. The fourth-order valence-electron chi connectivity index (χ4n) is 3.78. The SMILES string of the molecule is NS(=O)(=O)OCC1C[C@@H](Nc2cc(CC(=O)c3ccn(CC#Cc4ccco4)n3)ncn2)C[C@@H]1O. The first kappa shape index (κ1) is 24.6. The Morgan fingerprint density at radius 1 is 1.34 bits per heavy atom. The molecule has 184 valence electrons. The lowest BCUT2D eigenvalue weighted by molar-refractivity contribution is 0.0984. The molecule has 0 aliphatic heterocycles. The van der Waals surface area contributed by atoms with E-state index in [2.05, 4.69) is 36.4 Å². The highest BCUT2D eigenvalue weighted by atomic mass is 32.2. The quantitative estimate of drug-likeness (QED) is 0.277. The van der Waals surface area contributed by atoms with Crippen molar-refractivity contribution in [3.8, 4) is 11.8 Å². The molecule has 0 radical (unpaired) electrons. The molecule has 3 aromatic rings. The van der Waals surface area contributed by atoms with Gasteiger partial charge in [-0.25, -0.2) is 15.1 Å². The highest BCUT2D eigenvalue weighted by molar-refractivity contribution is 7.84. The number of carbonyl (C=O) groups excluding carboxylic acids is 1. The van der Waals surface area contributed by atoms with Gasteiger partial charge in [-0.15, -0.1) is 0 Å². The molecule has 1 unspecified atom stereocenters. The minimum absolute atomic E-state index is 0.0321. The Morgan fingerprint density at radius 3 is 2.97 bits per heavy atom. The van der Waals surface area contributed by atoms with E-state index in [-0.39, 0.29) is 30.8 Å². The van der Waals surface area contributed by atoms with E-state index in [1.165, 1.54) is 6.33 Å². The first-order valence-corrected chi connectivity index (χ1v) is 12.2. The maximum atomic E-state index is 12.7.